The van der Waals surface area contributed by atoms with E-state index in [-0.39, 0.29) is 18.7 Å². The standard InChI is InChI=1S/C13H16BrF2NOS/c1-17(7-9-5-11(14)19-8-9)12(18)10-3-2-4-13(15,16)6-10/h5,8,10H,2-4,6-7H2,1H3. The maximum Gasteiger partial charge on any atom is 0.248 e. The predicted octanol–water partition coefficient (Wildman–Crippen LogP) is 4.29. The first-order valence-corrected chi connectivity index (χ1v) is 7.90. The van der Waals surface area contributed by atoms with Crippen molar-refractivity contribution in [1.82, 2.24) is 4.90 Å². The Morgan fingerprint density at radius 2 is 2.37 bits per heavy atom. The number of rotatable bonds is 3. The summed E-state index contributed by atoms with van der Waals surface area (Å²) in [6.45, 7) is 0.475. The Bertz CT molecular complexity index is 463. The van der Waals surface area contributed by atoms with E-state index in [9.17, 15) is 13.6 Å². The van der Waals surface area contributed by atoms with Gasteiger partial charge in [0.1, 0.15) is 0 Å². The van der Waals surface area contributed by atoms with Crippen LogP contribution >= 0.6 is 27.3 Å². The summed E-state index contributed by atoms with van der Waals surface area (Å²) < 4.78 is 27.7. The number of thiophene rings is 1. The topological polar surface area (TPSA) is 20.3 Å². The number of nitrogens with zero attached hydrogens (tertiary/aromatic N) is 1. The molecule has 2 nitrogen and oxygen atoms in total. The van der Waals surface area contributed by atoms with Crippen molar-refractivity contribution in [2.24, 2.45) is 5.92 Å². The SMILES string of the molecule is CN(Cc1csc(Br)c1)C(=O)C1CCCC(F)(F)C1. The highest BCUT2D eigenvalue weighted by atomic mass is 79.9. The molecule has 0 aliphatic heterocycles. The fourth-order valence-corrected chi connectivity index (χ4v) is 3.67. The fraction of sp³-hybridized carbons (Fsp3) is 0.615. The number of hydrogen-bond donors (Lipinski definition) is 0. The lowest BCUT2D eigenvalue weighted by Crippen LogP contribution is -2.38. The molecule has 1 aliphatic rings. The first kappa shape index (κ1) is 14.9. The quantitative estimate of drug-likeness (QED) is 0.795. The molecule has 0 aromatic carbocycles. The van der Waals surface area contributed by atoms with E-state index in [1.807, 2.05) is 11.4 Å². The van der Waals surface area contributed by atoms with Crippen molar-refractivity contribution in [2.45, 2.75) is 38.2 Å². The third-order valence-electron chi connectivity index (χ3n) is 3.41. The van der Waals surface area contributed by atoms with Crippen LogP contribution in [0, 0.1) is 5.92 Å². The maximum atomic E-state index is 13.3. The van der Waals surface area contributed by atoms with Crippen LogP contribution in [0.2, 0.25) is 0 Å². The highest BCUT2D eigenvalue weighted by molar-refractivity contribution is 9.11. The van der Waals surface area contributed by atoms with E-state index in [2.05, 4.69) is 15.9 Å². The summed E-state index contributed by atoms with van der Waals surface area (Å²) in [5.41, 5.74) is 1.02. The monoisotopic (exact) mass is 351 g/mol. The zero-order valence-corrected chi connectivity index (χ0v) is 13.1. The Balaban J connectivity index is 1.95. The number of carbonyl (C=O) groups excluding carboxylic acids is 1. The van der Waals surface area contributed by atoms with Gasteiger partial charge in [0.15, 0.2) is 0 Å². The molecule has 1 heterocycles. The van der Waals surface area contributed by atoms with E-state index < -0.39 is 11.8 Å². The molecule has 1 amide bonds. The summed E-state index contributed by atoms with van der Waals surface area (Å²) in [5.74, 6) is -3.37. The van der Waals surface area contributed by atoms with Crippen LogP contribution in [-0.4, -0.2) is 23.8 Å². The summed E-state index contributed by atoms with van der Waals surface area (Å²) in [6, 6.07) is 1.95. The third kappa shape index (κ3) is 3.99. The molecule has 2 rings (SSSR count). The van der Waals surface area contributed by atoms with Gasteiger partial charge in [0.2, 0.25) is 11.8 Å². The van der Waals surface area contributed by atoms with Gasteiger partial charge >= 0.3 is 0 Å². The van der Waals surface area contributed by atoms with Crippen LogP contribution < -0.4 is 0 Å². The molecule has 1 aromatic heterocycles. The molecule has 0 radical (unpaired) electrons. The lowest BCUT2D eigenvalue weighted by Gasteiger charge is -2.30. The summed E-state index contributed by atoms with van der Waals surface area (Å²) in [4.78, 5) is 13.7. The molecular formula is C13H16BrF2NOS. The molecule has 1 aromatic rings. The van der Waals surface area contributed by atoms with Crippen molar-refractivity contribution in [3.63, 3.8) is 0 Å². The summed E-state index contributed by atoms with van der Waals surface area (Å²) >= 11 is 4.92. The maximum absolute atomic E-state index is 13.3. The van der Waals surface area contributed by atoms with Crippen LogP contribution in [0.25, 0.3) is 0 Å². The van der Waals surface area contributed by atoms with Crippen molar-refractivity contribution >= 4 is 33.2 Å². The van der Waals surface area contributed by atoms with E-state index in [0.717, 1.165) is 9.35 Å². The molecular weight excluding hydrogens is 336 g/mol. The molecule has 19 heavy (non-hydrogen) atoms. The van der Waals surface area contributed by atoms with Crippen LogP contribution in [0.4, 0.5) is 8.78 Å². The van der Waals surface area contributed by atoms with Crippen molar-refractivity contribution in [2.75, 3.05) is 7.05 Å². The number of amides is 1. The number of alkyl halides is 2. The van der Waals surface area contributed by atoms with E-state index in [1.54, 1.807) is 23.3 Å². The predicted molar refractivity (Wildman–Crippen MR) is 75.4 cm³/mol. The average molecular weight is 352 g/mol. The van der Waals surface area contributed by atoms with E-state index in [4.69, 9.17) is 0 Å². The van der Waals surface area contributed by atoms with E-state index in [0.29, 0.717) is 19.4 Å². The van der Waals surface area contributed by atoms with E-state index >= 15 is 0 Å². The highest BCUT2D eigenvalue weighted by Crippen LogP contribution is 2.37. The van der Waals surface area contributed by atoms with Gasteiger partial charge in [0, 0.05) is 32.4 Å². The van der Waals surface area contributed by atoms with Crippen LogP contribution in [0.3, 0.4) is 0 Å². The molecule has 0 spiro atoms. The molecule has 1 fully saturated rings. The second kappa shape index (κ2) is 5.87. The van der Waals surface area contributed by atoms with Gasteiger partial charge in [-0.05, 0) is 45.8 Å². The smallest absolute Gasteiger partial charge is 0.248 e. The molecule has 1 atom stereocenters. The van der Waals surface area contributed by atoms with Crippen molar-refractivity contribution < 1.29 is 13.6 Å². The van der Waals surface area contributed by atoms with Crippen LogP contribution in [0.5, 0.6) is 0 Å². The number of halogens is 3. The first-order valence-electron chi connectivity index (χ1n) is 6.23. The van der Waals surface area contributed by atoms with Gasteiger partial charge in [-0.3, -0.25) is 4.79 Å². The van der Waals surface area contributed by atoms with Crippen molar-refractivity contribution in [3.8, 4) is 0 Å². The lowest BCUT2D eigenvalue weighted by atomic mass is 9.85. The van der Waals surface area contributed by atoms with Gasteiger partial charge in [-0.1, -0.05) is 0 Å². The second-order valence-corrected chi connectivity index (χ2v) is 7.39. The molecule has 6 heteroatoms. The molecule has 106 valence electrons. The van der Waals surface area contributed by atoms with Crippen LogP contribution in [0.15, 0.2) is 15.2 Å². The minimum atomic E-state index is -2.68. The minimum absolute atomic E-state index is 0.0853. The largest absolute Gasteiger partial charge is 0.341 e. The Labute approximate surface area is 123 Å². The highest BCUT2D eigenvalue weighted by Gasteiger charge is 2.39. The normalized spacial score (nSPS) is 22.2. The number of carbonyl (C=O) groups is 1. The lowest BCUT2D eigenvalue weighted by molar-refractivity contribution is -0.141. The van der Waals surface area contributed by atoms with Crippen molar-refractivity contribution in [1.29, 1.82) is 0 Å². The van der Waals surface area contributed by atoms with Gasteiger partial charge in [-0.2, -0.15) is 0 Å². The van der Waals surface area contributed by atoms with Crippen molar-refractivity contribution in [3.05, 3.63) is 20.8 Å². The van der Waals surface area contributed by atoms with Gasteiger partial charge < -0.3 is 4.90 Å². The Hall–Kier alpha value is -0.490. The summed E-state index contributed by atoms with van der Waals surface area (Å²) in [7, 11) is 1.68. The zero-order chi connectivity index (χ0) is 14.0. The third-order valence-corrected chi connectivity index (χ3v) is 4.96. The second-order valence-electron chi connectivity index (χ2n) is 5.10. The van der Waals surface area contributed by atoms with Gasteiger partial charge in [0.25, 0.3) is 0 Å². The summed E-state index contributed by atoms with van der Waals surface area (Å²) in [6.07, 6.45) is 0.620. The fourth-order valence-electron chi connectivity index (χ4n) is 2.47. The molecule has 1 aliphatic carbocycles. The Kier molecular flexibility index (Phi) is 4.61. The van der Waals surface area contributed by atoms with Crippen LogP contribution in [0.1, 0.15) is 31.2 Å². The Morgan fingerprint density at radius 3 is 2.95 bits per heavy atom. The zero-order valence-electron chi connectivity index (χ0n) is 10.7. The molecule has 0 N–H and O–H groups in total. The molecule has 1 saturated carbocycles. The molecule has 0 saturated heterocycles. The van der Waals surface area contributed by atoms with Gasteiger partial charge in [-0.25, -0.2) is 8.78 Å². The van der Waals surface area contributed by atoms with Gasteiger partial charge in [0.05, 0.1) is 3.79 Å². The van der Waals surface area contributed by atoms with Crippen LogP contribution in [-0.2, 0) is 11.3 Å². The average Bonchev–Trinajstić information content (AvgIpc) is 2.72. The molecule has 0 bridgehead atoms. The van der Waals surface area contributed by atoms with Gasteiger partial charge in [-0.15, -0.1) is 11.3 Å². The van der Waals surface area contributed by atoms with E-state index in [1.165, 1.54) is 0 Å². The Morgan fingerprint density at radius 1 is 1.63 bits per heavy atom. The number of hydrogen-bond acceptors (Lipinski definition) is 2. The molecule has 1 unspecified atom stereocenters. The summed E-state index contributed by atoms with van der Waals surface area (Å²) in [5, 5.41) is 1.96. The first-order chi connectivity index (χ1) is 8.87. The minimum Gasteiger partial charge on any atom is -0.341 e.